The van der Waals surface area contributed by atoms with Gasteiger partial charge in [-0.05, 0) is 35.6 Å². The lowest BCUT2D eigenvalue weighted by atomic mass is 9.92. The van der Waals surface area contributed by atoms with E-state index in [0.717, 1.165) is 58.8 Å². The molecule has 5 heteroatoms. The number of rotatable bonds is 4. The third-order valence-electron chi connectivity index (χ3n) is 7.41. The molecular weight excluding hydrogens is 434 g/mol. The fourth-order valence-electron chi connectivity index (χ4n) is 5.73. The molecule has 1 saturated carbocycles. The number of para-hydroxylation sites is 1. The monoisotopic (exact) mass is 463 g/mol. The van der Waals surface area contributed by atoms with Crippen LogP contribution in [0.3, 0.4) is 0 Å². The molecule has 0 bridgehead atoms. The van der Waals surface area contributed by atoms with E-state index in [1.54, 1.807) is 4.90 Å². The van der Waals surface area contributed by atoms with Crippen molar-refractivity contribution in [2.24, 2.45) is 0 Å². The number of H-pyrrole nitrogens is 1. The molecule has 1 unspecified atom stereocenters. The van der Waals surface area contributed by atoms with Crippen LogP contribution in [-0.4, -0.2) is 27.7 Å². The van der Waals surface area contributed by atoms with E-state index in [9.17, 15) is 9.59 Å². The average molecular weight is 464 g/mol. The summed E-state index contributed by atoms with van der Waals surface area (Å²) >= 11 is 0. The molecule has 0 saturated heterocycles. The molecule has 0 radical (unpaired) electrons. The second-order valence-electron chi connectivity index (χ2n) is 9.67. The summed E-state index contributed by atoms with van der Waals surface area (Å²) in [5, 5.41) is 4.30. The number of hydrogen-bond acceptors (Lipinski definition) is 2. The topological polar surface area (TPSA) is 65.2 Å². The molecule has 1 aromatic heterocycles. The van der Waals surface area contributed by atoms with Gasteiger partial charge in [-0.2, -0.15) is 0 Å². The summed E-state index contributed by atoms with van der Waals surface area (Å²) in [6.45, 7) is 0.353. The van der Waals surface area contributed by atoms with Crippen LogP contribution in [0.5, 0.6) is 0 Å². The van der Waals surface area contributed by atoms with Crippen molar-refractivity contribution in [3.05, 3.63) is 95.7 Å². The lowest BCUT2D eigenvalue weighted by Gasteiger charge is -2.32. The molecule has 4 aromatic rings. The molecule has 1 atom stereocenters. The Morgan fingerprint density at radius 3 is 2.43 bits per heavy atom. The van der Waals surface area contributed by atoms with E-state index in [4.69, 9.17) is 0 Å². The Bertz CT molecular complexity index is 1390. The van der Waals surface area contributed by atoms with Crippen LogP contribution in [0.25, 0.3) is 22.0 Å². The number of carbonyl (C=O) groups excluding carboxylic acids is 2. The number of nitrogens with zero attached hydrogens (tertiary/aromatic N) is 1. The molecule has 5 nitrogen and oxygen atoms in total. The van der Waals surface area contributed by atoms with Crippen molar-refractivity contribution in [1.29, 1.82) is 0 Å². The van der Waals surface area contributed by atoms with Crippen LogP contribution in [0, 0.1) is 0 Å². The maximum Gasteiger partial charge on any atom is 0.272 e. The van der Waals surface area contributed by atoms with Crippen LogP contribution < -0.4 is 5.32 Å². The number of amides is 2. The predicted molar refractivity (Wildman–Crippen MR) is 138 cm³/mol. The van der Waals surface area contributed by atoms with Gasteiger partial charge in [0.05, 0.1) is 0 Å². The first-order valence-corrected chi connectivity index (χ1v) is 12.6. The molecule has 1 fully saturated rings. The number of aromatic nitrogens is 1. The Balaban J connectivity index is 1.52. The highest BCUT2D eigenvalue weighted by molar-refractivity contribution is 6.12. The van der Waals surface area contributed by atoms with Gasteiger partial charge in [-0.15, -0.1) is 0 Å². The number of fused-ring (bicyclic) bond motifs is 5. The van der Waals surface area contributed by atoms with Crippen molar-refractivity contribution in [1.82, 2.24) is 15.2 Å². The highest BCUT2D eigenvalue weighted by Gasteiger charge is 2.40. The van der Waals surface area contributed by atoms with Gasteiger partial charge in [-0.25, -0.2) is 0 Å². The molecule has 3 aromatic carbocycles. The average Bonchev–Trinajstić information content (AvgIpc) is 3.25. The lowest BCUT2D eigenvalue weighted by molar-refractivity contribution is -0.127. The minimum atomic E-state index is -0.708. The fraction of sp³-hybridized carbons (Fsp3) is 0.267. The van der Waals surface area contributed by atoms with Crippen LogP contribution in [0.15, 0.2) is 78.9 Å². The highest BCUT2D eigenvalue weighted by atomic mass is 16.2. The quantitative estimate of drug-likeness (QED) is 0.391. The molecule has 6 rings (SSSR count). The summed E-state index contributed by atoms with van der Waals surface area (Å²) in [5.74, 6) is -0.247. The minimum absolute atomic E-state index is 0.0944. The van der Waals surface area contributed by atoms with Gasteiger partial charge >= 0.3 is 0 Å². The SMILES string of the molecule is O=C(NC1CCCCC1)C1c2ccccc2-c2c([nH]c3ccccc23)C(=O)N1Cc1ccccc1. The predicted octanol–water partition coefficient (Wildman–Crippen LogP) is 5.98. The van der Waals surface area contributed by atoms with Gasteiger partial charge in [-0.1, -0.05) is 92.1 Å². The first kappa shape index (κ1) is 21.7. The van der Waals surface area contributed by atoms with Crippen molar-refractivity contribution >= 4 is 22.7 Å². The summed E-state index contributed by atoms with van der Waals surface area (Å²) in [4.78, 5) is 33.3. The lowest BCUT2D eigenvalue weighted by Crippen LogP contribution is -2.46. The highest BCUT2D eigenvalue weighted by Crippen LogP contribution is 2.42. The maximum absolute atomic E-state index is 14.2. The molecule has 2 N–H and O–H groups in total. The molecule has 1 aliphatic heterocycles. The smallest absolute Gasteiger partial charge is 0.272 e. The van der Waals surface area contributed by atoms with Crippen LogP contribution in [0.2, 0.25) is 0 Å². The first-order valence-electron chi connectivity index (χ1n) is 12.6. The largest absolute Gasteiger partial charge is 0.351 e. The summed E-state index contributed by atoms with van der Waals surface area (Å²) in [6, 6.07) is 25.4. The van der Waals surface area contributed by atoms with E-state index in [1.807, 2.05) is 78.9 Å². The van der Waals surface area contributed by atoms with E-state index >= 15 is 0 Å². The van der Waals surface area contributed by atoms with E-state index in [-0.39, 0.29) is 17.9 Å². The second-order valence-corrected chi connectivity index (χ2v) is 9.67. The van der Waals surface area contributed by atoms with E-state index in [2.05, 4.69) is 10.3 Å². The molecule has 35 heavy (non-hydrogen) atoms. The van der Waals surface area contributed by atoms with Crippen LogP contribution in [0.4, 0.5) is 0 Å². The van der Waals surface area contributed by atoms with Crippen molar-refractivity contribution in [2.75, 3.05) is 0 Å². The molecule has 176 valence electrons. The summed E-state index contributed by atoms with van der Waals surface area (Å²) in [5.41, 5.74) is 5.15. The van der Waals surface area contributed by atoms with Gasteiger partial charge in [0, 0.05) is 29.1 Å². The van der Waals surface area contributed by atoms with Crippen molar-refractivity contribution in [3.63, 3.8) is 0 Å². The van der Waals surface area contributed by atoms with Crippen LogP contribution >= 0.6 is 0 Å². The Kier molecular flexibility index (Phi) is 5.61. The number of hydrogen-bond donors (Lipinski definition) is 2. The molecule has 2 aliphatic rings. The minimum Gasteiger partial charge on any atom is -0.351 e. The maximum atomic E-state index is 14.2. The number of carbonyl (C=O) groups is 2. The van der Waals surface area contributed by atoms with Gasteiger partial charge in [0.2, 0.25) is 5.91 Å². The number of aromatic amines is 1. The third kappa shape index (κ3) is 3.91. The summed E-state index contributed by atoms with van der Waals surface area (Å²) < 4.78 is 0. The van der Waals surface area contributed by atoms with Crippen LogP contribution in [0.1, 0.15) is 59.8 Å². The number of nitrogens with one attached hydrogen (secondary N) is 2. The van der Waals surface area contributed by atoms with Gasteiger partial charge in [0.15, 0.2) is 0 Å². The van der Waals surface area contributed by atoms with Gasteiger partial charge < -0.3 is 15.2 Å². The zero-order chi connectivity index (χ0) is 23.8. The Labute approximate surface area is 205 Å². The summed E-state index contributed by atoms with van der Waals surface area (Å²) in [6.07, 6.45) is 5.48. The molecule has 1 aliphatic carbocycles. The zero-order valence-electron chi connectivity index (χ0n) is 19.7. The van der Waals surface area contributed by atoms with Crippen LogP contribution in [-0.2, 0) is 11.3 Å². The standard InChI is InChI=1S/C30H29N3O2/c34-29(31-21-13-5-2-6-14-21)28-23-16-8-7-15-22(23)26-24-17-9-10-18-25(24)32-27(26)30(35)33(28)19-20-11-3-1-4-12-20/h1,3-4,7-12,15-18,21,28,32H,2,5-6,13-14,19H2,(H,31,34). The molecule has 2 amide bonds. The molecular formula is C30H29N3O2. The molecule has 2 heterocycles. The second kappa shape index (κ2) is 9.06. The Morgan fingerprint density at radius 2 is 1.60 bits per heavy atom. The first-order chi connectivity index (χ1) is 17.2. The zero-order valence-corrected chi connectivity index (χ0v) is 19.7. The van der Waals surface area contributed by atoms with Gasteiger partial charge in [-0.3, -0.25) is 9.59 Å². The van der Waals surface area contributed by atoms with E-state index < -0.39 is 6.04 Å². The number of benzene rings is 3. The Morgan fingerprint density at radius 1 is 0.886 bits per heavy atom. The van der Waals surface area contributed by atoms with E-state index in [0.29, 0.717) is 12.2 Å². The van der Waals surface area contributed by atoms with Crippen molar-refractivity contribution in [3.8, 4) is 11.1 Å². The van der Waals surface area contributed by atoms with Crippen molar-refractivity contribution in [2.45, 2.75) is 50.7 Å². The van der Waals surface area contributed by atoms with Gasteiger partial charge in [0.25, 0.3) is 5.91 Å². The molecule has 0 spiro atoms. The summed E-state index contributed by atoms with van der Waals surface area (Å²) in [7, 11) is 0. The normalized spacial score (nSPS) is 18.1. The Hall–Kier alpha value is -3.86. The van der Waals surface area contributed by atoms with Gasteiger partial charge in [0.1, 0.15) is 11.7 Å². The van der Waals surface area contributed by atoms with E-state index in [1.165, 1.54) is 6.42 Å². The fourth-order valence-corrected chi connectivity index (χ4v) is 5.73. The third-order valence-corrected chi connectivity index (χ3v) is 7.41. The van der Waals surface area contributed by atoms with Crippen molar-refractivity contribution < 1.29 is 9.59 Å².